The maximum atomic E-state index is 12.6. The Morgan fingerprint density at radius 2 is 1.92 bits per heavy atom. The van der Waals surface area contributed by atoms with E-state index >= 15 is 0 Å². The summed E-state index contributed by atoms with van der Waals surface area (Å²) in [5, 5.41) is 11.2. The van der Waals surface area contributed by atoms with E-state index in [9.17, 15) is 23.3 Å². The molecule has 0 radical (unpaired) electrons. The van der Waals surface area contributed by atoms with Crippen molar-refractivity contribution in [2.24, 2.45) is 0 Å². The zero-order chi connectivity index (χ0) is 18.6. The van der Waals surface area contributed by atoms with Crippen molar-refractivity contribution in [3.05, 3.63) is 34.4 Å². The molecule has 138 valence electrons. The van der Waals surface area contributed by atoms with Gasteiger partial charge in [0.05, 0.1) is 15.6 Å². The van der Waals surface area contributed by atoms with Gasteiger partial charge in [-0.3, -0.25) is 14.9 Å². The number of thioether (sulfide) groups is 1. The van der Waals surface area contributed by atoms with E-state index in [1.54, 1.807) is 16.7 Å². The van der Waals surface area contributed by atoms with Crippen molar-refractivity contribution in [2.75, 3.05) is 31.9 Å². The zero-order valence-corrected chi connectivity index (χ0v) is 15.8. The van der Waals surface area contributed by atoms with Gasteiger partial charge >= 0.3 is 0 Å². The smallest absolute Gasteiger partial charge is 0.270 e. The molecule has 0 spiro atoms. The minimum atomic E-state index is -3.81. The summed E-state index contributed by atoms with van der Waals surface area (Å²) in [6, 6.07) is 5.02. The predicted molar refractivity (Wildman–Crippen MR) is 96.0 cm³/mol. The molecule has 0 bridgehead atoms. The molecule has 0 saturated carbocycles. The van der Waals surface area contributed by atoms with Crippen molar-refractivity contribution < 1.29 is 18.1 Å². The van der Waals surface area contributed by atoms with Crippen LogP contribution in [0.25, 0.3) is 0 Å². The highest BCUT2D eigenvalue weighted by Crippen LogP contribution is 2.22. The molecule has 1 heterocycles. The van der Waals surface area contributed by atoms with E-state index in [0.29, 0.717) is 24.1 Å². The number of sulfonamides is 1. The highest BCUT2D eigenvalue weighted by atomic mass is 32.2. The van der Waals surface area contributed by atoms with Crippen LogP contribution in [-0.4, -0.2) is 65.6 Å². The van der Waals surface area contributed by atoms with Gasteiger partial charge < -0.3 is 4.90 Å². The maximum Gasteiger partial charge on any atom is 0.270 e. The van der Waals surface area contributed by atoms with Crippen LogP contribution in [0.4, 0.5) is 5.69 Å². The lowest BCUT2D eigenvalue weighted by Gasteiger charge is -2.34. The second kappa shape index (κ2) is 8.15. The van der Waals surface area contributed by atoms with Crippen molar-refractivity contribution in [3.63, 3.8) is 0 Å². The molecule has 8 nitrogen and oxygen atoms in total. The second-order valence-corrected chi connectivity index (χ2v) is 9.40. The van der Waals surface area contributed by atoms with Gasteiger partial charge in [-0.2, -0.15) is 4.31 Å². The van der Waals surface area contributed by atoms with Crippen LogP contribution in [0.5, 0.6) is 0 Å². The van der Waals surface area contributed by atoms with E-state index in [2.05, 4.69) is 0 Å². The van der Waals surface area contributed by atoms with Gasteiger partial charge in [0.2, 0.25) is 15.9 Å². The average Bonchev–Trinajstić information content (AvgIpc) is 2.59. The molecule has 1 amide bonds. The number of nitrogens with zero attached hydrogens (tertiary/aromatic N) is 3. The summed E-state index contributed by atoms with van der Waals surface area (Å²) >= 11 is 1.55. The van der Waals surface area contributed by atoms with Gasteiger partial charge in [-0.25, -0.2) is 8.42 Å². The number of rotatable bonds is 6. The molecule has 0 unspecified atom stereocenters. The molecule has 1 fully saturated rings. The average molecular weight is 387 g/mol. The first kappa shape index (κ1) is 19.7. The lowest BCUT2D eigenvalue weighted by molar-refractivity contribution is -0.385. The summed E-state index contributed by atoms with van der Waals surface area (Å²) in [6.45, 7) is 5.05. The molecular formula is C15H21N3O5S2. The lowest BCUT2D eigenvalue weighted by Crippen LogP contribution is -2.51. The topological polar surface area (TPSA) is 101 Å². The number of piperazine rings is 1. The summed E-state index contributed by atoms with van der Waals surface area (Å²) < 4.78 is 26.6. The molecule has 1 aromatic rings. The molecule has 1 aromatic carbocycles. The van der Waals surface area contributed by atoms with Gasteiger partial charge in [-0.15, -0.1) is 11.8 Å². The standard InChI is InChI=1S/C15H21N3O5S2/c1-12(2)24-11-15(19)16-6-8-17(9-7-16)25(22,23)14-5-3-4-13(10-14)18(20)21/h3-5,10,12H,6-9,11H2,1-2H3. The molecule has 1 aliphatic rings. The summed E-state index contributed by atoms with van der Waals surface area (Å²) in [5.41, 5.74) is -0.263. The highest BCUT2D eigenvalue weighted by molar-refractivity contribution is 8.00. The molecule has 0 atom stereocenters. The zero-order valence-electron chi connectivity index (χ0n) is 14.1. The largest absolute Gasteiger partial charge is 0.339 e. The van der Waals surface area contributed by atoms with E-state index in [1.807, 2.05) is 13.8 Å². The minimum absolute atomic E-state index is 0.00565. The predicted octanol–water partition coefficient (Wildman–Crippen LogP) is 1.57. The van der Waals surface area contributed by atoms with E-state index in [1.165, 1.54) is 22.5 Å². The van der Waals surface area contributed by atoms with Crippen molar-refractivity contribution in [2.45, 2.75) is 24.0 Å². The quantitative estimate of drug-likeness (QED) is 0.542. The van der Waals surface area contributed by atoms with Gasteiger partial charge in [0, 0.05) is 38.3 Å². The molecule has 25 heavy (non-hydrogen) atoms. The highest BCUT2D eigenvalue weighted by Gasteiger charge is 2.30. The second-order valence-electron chi connectivity index (χ2n) is 5.90. The number of carbonyl (C=O) groups excluding carboxylic acids is 1. The van der Waals surface area contributed by atoms with Gasteiger partial charge in [-0.1, -0.05) is 19.9 Å². The number of hydrogen-bond acceptors (Lipinski definition) is 6. The fourth-order valence-corrected chi connectivity index (χ4v) is 4.53. The van der Waals surface area contributed by atoms with Gasteiger partial charge in [0.25, 0.3) is 5.69 Å². The number of nitro benzene ring substituents is 1. The molecule has 0 N–H and O–H groups in total. The van der Waals surface area contributed by atoms with Crippen molar-refractivity contribution in [1.29, 1.82) is 0 Å². The number of carbonyl (C=O) groups is 1. The molecule has 1 saturated heterocycles. The van der Waals surface area contributed by atoms with Crippen LogP contribution in [0.2, 0.25) is 0 Å². The van der Waals surface area contributed by atoms with Crippen molar-refractivity contribution in [3.8, 4) is 0 Å². The summed E-state index contributed by atoms with van der Waals surface area (Å²) in [7, 11) is -3.81. The first-order chi connectivity index (χ1) is 11.7. The Morgan fingerprint density at radius 1 is 1.28 bits per heavy atom. The van der Waals surface area contributed by atoms with E-state index in [4.69, 9.17) is 0 Å². The van der Waals surface area contributed by atoms with E-state index in [0.717, 1.165) is 6.07 Å². The molecule has 1 aliphatic heterocycles. The lowest BCUT2D eigenvalue weighted by atomic mass is 10.3. The summed E-state index contributed by atoms with van der Waals surface area (Å²) in [4.78, 5) is 23.9. The number of amides is 1. The normalized spacial score (nSPS) is 16.2. The van der Waals surface area contributed by atoms with Gasteiger partial charge in [0.1, 0.15) is 0 Å². The van der Waals surface area contributed by atoms with Crippen LogP contribution in [0.3, 0.4) is 0 Å². The third-order valence-electron chi connectivity index (χ3n) is 3.80. The van der Waals surface area contributed by atoms with Crippen LogP contribution < -0.4 is 0 Å². The number of hydrogen-bond donors (Lipinski definition) is 0. The van der Waals surface area contributed by atoms with Gasteiger partial charge in [-0.05, 0) is 11.3 Å². The van der Waals surface area contributed by atoms with Crippen LogP contribution in [-0.2, 0) is 14.8 Å². The van der Waals surface area contributed by atoms with Crippen molar-refractivity contribution in [1.82, 2.24) is 9.21 Å². The number of benzene rings is 1. The molecule has 0 aliphatic carbocycles. The molecular weight excluding hydrogens is 366 g/mol. The maximum absolute atomic E-state index is 12.6. The Labute approximate surface area is 151 Å². The molecule has 2 rings (SSSR count). The Hall–Kier alpha value is -1.65. The van der Waals surface area contributed by atoms with E-state index in [-0.39, 0.29) is 29.6 Å². The van der Waals surface area contributed by atoms with Gasteiger partial charge in [0.15, 0.2) is 0 Å². The fourth-order valence-electron chi connectivity index (χ4n) is 2.41. The minimum Gasteiger partial charge on any atom is -0.339 e. The molecule has 0 aromatic heterocycles. The Kier molecular flexibility index (Phi) is 6.42. The Bertz CT molecular complexity index is 743. The third kappa shape index (κ3) is 4.93. The van der Waals surface area contributed by atoms with Crippen LogP contribution in [0.15, 0.2) is 29.2 Å². The molecule has 10 heteroatoms. The SMILES string of the molecule is CC(C)SCC(=O)N1CCN(S(=O)(=O)c2cccc([N+](=O)[O-])c2)CC1. The first-order valence-corrected chi connectivity index (χ1v) is 10.3. The fraction of sp³-hybridized carbons (Fsp3) is 0.533. The summed E-state index contributed by atoms with van der Waals surface area (Å²) in [6.07, 6.45) is 0. The van der Waals surface area contributed by atoms with Crippen LogP contribution in [0.1, 0.15) is 13.8 Å². The van der Waals surface area contributed by atoms with Crippen molar-refractivity contribution >= 4 is 33.4 Å². The Balaban J connectivity index is 2.03. The summed E-state index contributed by atoms with van der Waals surface area (Å²) in [5.74, 6) is 0.390. The third-order valence-corrected chi connectivity index (χ3v) is 6.77. The van der Waals surface area contributed by atoms with Crippen LogP contribution >= 0.6 is 11.8 Å². The number of non-ortho nitro benzene ring substituents is 1. The monoisotopic (exact) mass is 387 g/mol. The van der Waals surface area contributed by atoms with Crippen LogP contribution in [0, 0.1) is 10.1 Å². The van der Waals surface area contributed by atoms with E-state index < -0.39 is 14.9 Å². The number of nitro groups is 1. The first-order valence-electron chi connectivity index (χ1n) is 7.86. The Morgan fingerprint density at radius 3 is 2.48 bits per heavy atom.